The van der Waals surface area contributed by atoms with E-state index >= 15 is 0 Å². The number of aromatic nitrogens is 2. The Morgan fingerprint density at radius 1 is 1.32 bits per heavy atom. The van der Waals surface area contributed by atoms with E-state index in [1.807, 2.05) is 13.8 Å². The van der Waals surface area contributed by atoms with Crippen LogP contribution in [0.25, 0.3) is 0 Å². The van der Waals surface area contributed by atoms with Gasteiger partial charge in [-0.3, -0.25) is 0 Å². The first kappa shape index (κ1) is 16.0. The fourth-order valence-corrected chi connectivity index (χ4v) is 3.49. The molecule has 1 aromatic rings. The van der Waals surface area contributed by atoms with Crippen LogP contribution in [0.15, 0.2) is 0 Å². The number of ether oxygens (including phenoxy) is 2. The standard InChI is InChI=1S/C13H18Cl2N4O3/c1-13(2)21-8-5(4-20)3-6(9(8)22-13)17-11-7(16)10(14)18-12(15)19-11/h5-6,8-9,20H,3-4,16H2,1-2H3,(H,17,18,19)/t5-,6-,8-,9+/m1/s1. The highest BCUT2D eigenvalue weighted by atomic mass is 35.5. The van der Waals surface area contributed by atoms with Crippen LogP contribution in [-0.2, 0) is 9.47 Å². The van der Waals surface area contributed by atoms with Gasteiger partial charge in [0.05, 0.1) is 12.1 Å². The lowest BCUT2D eigenvalue weighted by Crippen LogP contribution is -2.35. The molecule has 122 valence electrons. The van der Waals surface area contributed by atoms with E-state index in [-0.39, 0.29) is 46.9 Å². The lowest BCUT2D eigenvalue weighted by atomic mass is 10.1. The van der Waals surface area contributed by atoms with Crippen LogP contribution in [-0.4, -0.2) is 45.7 Å². The number of hydrogen-bond donors (Lipinski definition) is 3. The Balaban J connectivity index is 1.84. The van der Waals surface area contributed by atoms with E-state index in [0.717, 1.165) is 0 Å². The molecule has 1 aliphatic heterocycles. The first-order chi connectivity index (χ1) is 10.3. The van der Waals surface area contributed by atoms with Gasteiger partial charge in [-0.25, -0.2) is 4.98 Å². The minimum Gasteiger partial charge on any atom is -0.396 e. The number of nitrogens with two attached hydrogens (primary N) is 1. The number of nitrogens with zero attached hydrogens (tertiary/aromatic N) is 2. The molecule has 0 spiro atoms. The molecule has 0 aromatic carbocycles. The molecule has 0 amide bonds. The number of halogens is 2. The summed E-state index contributed by atoms with van der Waals surface area (Å²) in [5.74, 6) is -0.339. The highest BCUT2D eigenvalue weighted by Crippen LogP contribution is 2.43. The van der Waals surface area contributed by atoms with E-state index in [1.165, 1.54) is 0 Å². The van der Waals surface area contributed by atoms with Crippen molar-refractivity contribution in [2.24, 2.45) is 5.92 Å². The third kappa shape index (κ3) is 2.83. The van der Waals surface area contributed by atoms with E-state index in [9.17, 15) is 5.11 Å². The Kier molecular flexibility index (Phi) is 4.11. The predicted molar refractivity (Wildman–Crippen MR) is 82.9 cm³/mol. The van der Waals surface area contributed by atoms with Crippen LogP contribution in [0.2, 0.25) is 10.4 Å². The summed E-state index contributed by atoms with van der Waals surface area (Å²) in [6.07, 6.45) is 0.284. The third-order valence-corrected chi connectivity index (χ3v) is 4.47. The Bertz CT molecular complexity index is 587. The van der Waals surface area contributed by atoms with Crippen molar-refractivity contribution >= 4 is 34.7 Å². The minimum atomic E-state index is -0.685. The maximum absolute atomic E-state index is 9.55. The zero-order valence-electron chi connectivity index (χ0n) is 12.2. The molecular formula is C13H18Cl2N4O3. The summed E-state index contributed by atoms with van der Waals surface area (Å²) in [6.45, 7) is 3.73. The molecule has 1 aliphatic carbocycles. The summed E-state index contributed by atoms with van der Waals surface area (Å²) in [5, 5.41) is 12.9. The number of anilines is 2. The minimum absolute atomic E-state index is 0.0128. The van der Waals surface area contributed by atoms with E-state index in [2.05, 4.69) is 15.3 Å². The van der Waals surface area contributed by atoms with Crippen molar-refractivity contribution in [3.8, 4) is 0 Å². The molecule has 1 saturated carbocycles. The van der Waals surface area contributed by atoms with Crippen LogP contribution in [0.4, 0.5) is 11.5 Å². The highest BCUT2D eigenvalue weighted by Gasteiger charge is 2.53. The van der Waals surface area contributed by atoms with E-state index < -0.39 is 5.79 Å². The van der Waals surface area contributed by atoms with Crippen LogP contribution in [0.3, 0.4) is 0 Å². The van der Waals surface area contributed by atoms with E-state index in [0.29, 0.717) is 12.2 Å². The molecule has 2 heterocycles. The second-order valence-electron chi connectivity index (χ2n) is 6.04. The third-order valence-electron chi connectivity index (χ3n) is 4.01. The Morgan fingerprint density at radius 2 is 2.00 bits per heavy atom. The van der Waals surface area contributed by atoms with Gasteiger partial charge >= 0.3 is 0 Å². The van der Waals surface area contributed by atoms with Crippen LogP contribution in [0, 0.1) is 5.92 Å². The second kappa shape index (κ2) is 5.65. The first-order valence-corrected chi connectivity index (χ1v) is 7.78. The van der Waals surface area contributed by atoms with Gasteiger partial charge in [0.25, 0.3) is 0 Å². The molecule has 4 atom stereocenters. The van der Waals surface area contributed by atoms with Gasteiger partial charge in [-0.2, -0.15) is 4.98 Å². The maximum Gasteiger partial charge on any atom is 0.225 e. The highest BCUT2D eigenvalue weighted by molar-refractivity contribution is 6.34. The quantitative estimate of drug-likeness (QED) is 0.564. The lowest BCUT2D eigenvalue weighted by molar-refractivity contribution is -0.158. The van der Waals surface area contributed by atoms with Crippen molar-refractivity contribution in [2.45, 2.75) is 44.3 Å². The Labute approximate surface area is 138 Å². The van der Waals surface area contributed by atoms with Crippen molar-refractivity contribution in [1.29, 1.82) is 0 Å². The smallest absolute Gasteiger partial charge is 0.225 e. The number of nitrogen functional groups attached to an aromatic ring is 1. The van der Waals surface area contributed by atoms with Gasteiger partial charge in [0, 0.05) is 12.5 Å². The number of hydrogen-bond acceptors (Lipinski definition) is 7. The number of rotatable bonds is 3. The predicted octanol–water partition coefficient (Wildman–Crippen LogP) is 1.68. The van der Waals surface area contributed by atoms with Gasteiger partial charge in [0.15, 0.2) is 16.8 Å². The molecule has 1 aromatic heterocycles. The summed E-state index contributed by atoms with van der Waals surface area (Å²) < 4.78 is 11.8. The molecule has 1 saturated heterocycles. The monoisotopic (exact) mass is 348 g/mol. The Morgan fingerprint density at radius 3 is 2.68 bits per heavy atom. The second-order valence-corrected chi connectivity index (χ2v) is 6.74. The number of nitrogens with one attached hydrogen (secondary N) is 1. The van der Waals surface area contributed by atoms with Crippen LogP contribution >= 0.6 is 23.2 Å². The van der Waals surface area contributed by atoms with E-state index in [1.54, 1.807) is 0 Å². The number of fused-ring (bicyclic) bond motifs is 1. The largest absolute Gasteiger partial charge is 0.396 e. The molecule has 2 fully saturated rings. The fraction of sp³-hybridized carbons (Fsp3) is 0.692. The van der Waals surface area contributed by atoms with Crippen LogP contribution in [0.5, 0.6) is 0 Å². The summed E-state index contributed by atoms with van der Waals surface area (Å²) >= 11 is 11.7. The lowest BCUT2D eigenvalue weighted by Gasteiger charge is -2.24. The fourth-order valence-electron chi connectivity index (χ4n) is 3.11. The summed E-state index contributed by atoms with van der Waals surface area (Å²) in [6, 6.07) is -0.117. The van der Waals surface area contributed by atoms with Gasteiger partial charge in [-0.05, 0) is 31.9 Å². The van der Waals surface area contributed by atoms with Crippen molar-refractivity contribution < 1.29 is 14.6 Å². The number of aliphatic hydroxyl groups is 1. The average molecular weight is 349 g/mol. The molecule has 7 nitrogen and oxygen atoms in total. The molecule has 0 radical (unpaired) electrons. The molecule has 0 bridgehead atoms. The molecule has 2 aliphatic rings. The molecular weight excluding hydrogens is 331 g/mol. The van der Waals surface area contributed by atoms with Crippen LogP contribution < -0.4 is 11.1 Å². The molecule has 9 heteroatoms. The SMILES string of the molecule is CC1(C)O[C@@H]2[C@@H](CO)C[C@@H](Nc3nc(Cl)nc(Cl)c3N)[C@@H]2O1. The molecule has 3 rings (SSSR count). The first-order valence-electron chi connectivity index (χ1n) is 7.02. The zero-order valence-corrected chi connectivity index (χ0v) is 13.7. The van der Waals surface area contributed by atoms with Crippen molar-refractivity contribution in [2.75, 3.05) is 17.7 Å². The summed E-state index contributed by atoms with van der Waals surface area (Å²) in [7, 11) is 0. The van der Waals surface area contributed by atoms with Gasteiger partial charge in [0.1, 0.15) is 11.8 Å². The van der Waals surface area contributed by atoms with Crippen LogP contribution in [0.1, 0.15) is 20.3 Å². The maximum atomic E-state index is 9.55. The molecule has 0 unspecified atom stereocenters. The Hall–Kier alpha value is -0.860. The number of aliphatic hydroxyl groups excluding tert-OH is 1. The van der Waals surface area contributed by atoms with Gasteiger partial charge in [0.2, 0.25) is 5.28 Å². The normalized spacial score (nSPS) is 33.0. The van der Waals surface area contributed by atoms with Gasteiger partial charge in [-0.1, -0.05) is 11.6 Å². The molecule has 22 heavy (non-hydrogen) atoms. The van der Waals surface area contributed by atoms with Crippen molar-refractivity contribution in [3.05, 3.63) is 10.4 Å². The summed E-state index contributed by atoms with van der Waals surface area (Å²) in [5.41, 5.74) is 6.12. The van der Waals surface area contributed by atoms with Gasteiger partial charge in [-0.15, -0.1) is 0 Å². The van der Waals surface area contributed by atoms with Crippen molar-refractivity contribution in [3.63, 3.8) is 0 Å². The zero-order chi connectivity index (χ0) is 16.1. The topological polar surface area (TPSA) is 103 Å². The van der Waals surface area contributed by atoms with Crippen molar-refractivity contribution in [1.82, 2.24) is 9.97 Å². The van der Waals surface area contributed by atoms with E-state index in [4.69, 9.17) is 38.4 Å². The summed E-state index contributed by atoms with van der Waals surface area (Å²) in [4.78, 5) is 7.86. The average Bonchev–Trinajstić information content (AvgIpc) is 2.89. The van der Waals surface area contributed by atoms with Gasteiger partial charge < -0.3 is 25.6 Å². The molecule has 4 N–H and O–H groups in total.